The van der Waals surface area contributed by atoms with Crippen molar-refractivity contribution in [1.29, 1.82) is 0 Å². The molecule has 0 aromatic carbocycles. The molecule has 0 radical (unpaired) electrons. The van der Waals surface area contributed by atoms with Crippen molar-refractivity contribution in [2.24, 2.45) is 5.92 Å². The predicted octanol–water partition coefficient (Wildman–Crippen LogP) is 6.83. The second-order valence-electron chi connectivity index (χ2n) is 11.4. The van der Waals surface area contributed by atoms with E-state index in [4.69, 9.17) is 0 Å². The Morgan fingerprint density at radius 3 is 1.56 bits per heavy atom. The van der Waals surface area contributed by atoms with Crippen LogP contribution in [0.15, 0.2) is 0 Å². The molecule has 2 fully saturated rings. The molecule has 0 aromatic heterocycles. The Morgan fingerprint density at radius 1 is 0.594 bits per heavy atom. The molecule has 2 rings (SSSR count). The van der Waals surface area contributed by atoms with Crippen LogP contribution in [0.3, 0.4) is 0 Å². The number of hydrogen-bond acceptors (Lipinski definition) is 0. The van der Waals surface area contributed by atoms with E-state index in [-0.39, 0.29) is 17.0 Å². The summed E-state index contributed by atoms with van der Waals surface area (Å²) in [4.78, 5) is 0. The van der Waals surface area contributed by atoms with Gasteiger partial charge in [0, 0.05) is 12.3 Å². The Hall–Kier alpha value is 0.440. The van der Waals surface area contributed by atoms with Gasteiger partial charge in [-0.2, -0.15) is 0 Å². The van der Waals surface area contributed by atoms with Gasteiger partial charge >= 0.3 is 0 Å². The van der Waals surface area contributed by atoms with Crippen molar-refractivity contribution in [1.82, 2.24) is 0 Å². The van der Waals surface area contributed by atoms with Crippen molar-refractivity contribution in [2.45, 2.75) is 168 Å². The highest BCUT2D eigenvalue weighted by atomic mass is 79.9. The fraction of sp³-hybridized carbons (Fsp3) is 1.00. The lowest BCUT2D eigenvalue weighted by molar-refractivity contribution is -0.982. The van der Waals surface area contributed by atoms with Crippen LogP contribution in [0.1, 0.15) is 162 Å². The van der Waals surface area contributed by atoms with Gasteiger partial charge in [0.1, 0.15) is 5.54 Å². The van der Waals surface area contributed by atoms with E-state index in [9.17, 15) is 0 Å². The average molecular weight is 515 g/mol. The molecule has 2 aliphatic heterocycles. The summed E-state index contributed by atoms with van der Waals surface area (Å²) < 4.78 is 1.53. The first kappa shape index (κ1) is 30.5. The van der Waals surface area contributed by atoms with E-state index in [1.165, 1.54) is 165 Å². The van der Waals surface area contributed by atoms with E-state index >= 15 is 0 Å². The highest BCUT2D eigenvalue weighted by Crippen LogP contribution is 2.46. The van der Waals surface area contributed by atoms with E-state index in [2.05, 4.69) is 20.8 Å². The summed E-state index contributed by atoms with van der Waals surface area (Å²) >= 11 is 0. The first-order valence-corrected chi connectivity index (χ1v) is 15.1. The van der Waals surface area contributed by atoms with Gasteiger partial charge in [0.2, 0.25) is 0 Å². The highest BCUT2D eigenvalue weighted by molar-refractivity contribution is 4.89. The van der Waals surface area contributed by atoms with Crippen LogP contribution in [0, 0.1) is 5.92 Å². The third kappa shape index (κ3) is 8.90. The largest absolute Gasteiger partial charge is 1.00 e. The minimum Gasteiger partial charge on any atom is -1.00 e. The van der Waals surface area contributed by atoms with E-state index in [1.54, 1.807) is 0 Å². The lowest BCUT2D eigenvalue weighted by Crippen LogP contribution is -3.00. The van der Waals surface area contributed by atoms with Crippen LogP contribution in [0.5, 0.6) is 0 Å². The van der Waals surface area contributed by atoms with Crippen LogP contribution in [0.4, 0.5) is 0 Å². The monoisotopic (exact) mass is 513 g/mol. The lowest BCUT2D eigenvalue weighted by Gasteiger charge is -2.58. The number of unbranched alkanes of at least 4 members (excludes halogenated alkanes) is 5. The second-order valence-corrected chi connectivity index (χ2v) is 11.4. The molecule has 0 saturated carbocycles. The topological polar surface area (TPSA) is 0 Å². The van der Waals surface area contributed by atoms with Crippen molar-refractivity contribution >= 4 is 0 Å². The number of quaternary nitrogens is 1. The molecule has 2 heteroatoms. The summed E-state index contributed by atoms with van der Waals surface area (Å²) in [5.41, 5.74) is 0.569. The zero-order valence-corrected chi connectivity index (χ0v) is 24.2. The maximum atomic E-state index is 2.60. The normalized spacial score (nSPS) is 26.3. The van der Waals surface area contributed by atoms with Gasteiger partial charge in [-0.15, -0.1) is 0 Å². The van der Waals surface area contributed by atoms with Crippen molar-refractivity contribution in [2.75, 3.05) is 19.6 Å². The molecule has 1 nitrogen and oxygen atoms in total. The van der Waals surface area contributed by atoms with Gasteiger partial charge in [-0.25, -0.2) is 0 Å². The van der Waals surface area contributed by atoms with E-state index in [1.807, 2.05) is 0 Å². The van der Waals surface area contributed by atoms with Crippen LogP contribution < -0.4 is 17.0 Å². The minimum atomic E-state index is 0. The quantitative estimate of drug-likeness (QED) is 0.221. The summed E-state index contributed by atoms with van der Waals surface area (Å²) in [6.45, 7) is 12.0. The minimum absolute atomic E-state index is 0. The molecule has 2 atom stereocenters. The first-order chi connectivity index (χ1) is 15.2. The summed E-state index contributed by atoms with van der Waals surface area (Å²) in [6, 6.07) is 0. The molecule has 32 heavy (non-hydrogen) atoms. The zero-order chi connectivity index (χ0) is 22.3. The van der Waals surface area contributed by atoms with E-state index in [0.29, 0.717) is 5.54 Å². The van der Waals surface area contributed by atoms with Gasteiger partial charge in [-0.1, -0.05) is 91.4 Å². The Morgan fingerprint density at radius 2 is 1.06 bits per heavy atom. The average Bonchev–Trinajstić information content (AvgIpc) is 2.91. The molecule has 2 unspecified atom stereocenters. The highest BCUT2D eigenvalue weighted by Gasteiger charge is 2.52. The second kappa shape index (κ2) is 17.8. The Kier molecular flexibility index (Phi) is 17.0. The predicted molar refractivity (Wildman–Crippen MR) is 140 cm³/mol. The first-order valence-electron chi connectivity index (χ1n) is 15.1. The third-order valence-electron chi connectivity index (χ3n) is 9.58. The molecule has 0 aliphatic carbocycles. The van der Waals surface area contributed by atoms with Crippen LogP contribution in [-0.4, -0.2) is 29.7 Å². The van der Waals surface area contributed by atoms with Crippen molar-refractivity contribution in [3.05, 3.63) is 0 Å². The van der Waals surface area contributed by atoms with Gasteiger partial charge < -0.3 is 21.5 Å². The SMILES string of the molecule is CCCCCCCCC(CC)C1(CC)CCCCCCCC[N+]12CCCCCCCC2.[Br-]. The van der Waals surface area contributed by atoms with Crippen LogP contribution in [0.25, 0.3) is 0 Å². The molecule has 2 heterocycles. The number of rotatable bonds is 10. The Labute approximate surface area is 214 Å². The van der Waals surface area contributed by atoms with E-state index < -0.39 is 0 Å². The molecule has 2 aliphatic rings. The standard InChI is InChI=1S/C30H60N.BrH/c1-4-7-8-9-14-19-24-29(5-2)30(6-3)25-20-15-10-11-16-21-26-31(30)27-22-17-12-13-18-23-28-31;/h29H,4-28H2,1-3H3;1H/q+1;/p-1. The molecular weight excluding hydrogens is 454 g/mol. The third-order valence-corrected chi connectivity index (χ3v) is 9.58. The van der Waals surface area contributed by atoms with Gasteiger partial charge in [0.15, 0.2) is 0 Å². The van der Waals surface area contributed by atoms with Gasteiger partial charge in [-0.3, -0.25) is 0 Å². The van der Waals surface area contributed by atoms with Crippen LogP contribution in [0.2, 0.25) is 0 Å². The van der Waals surface area contributed by atoms with Crippen LogP contribution >= 0.6 is 0 Å². The summed E-state index contributed by atoms with van der Waals surface area (Å²) in [5, 5.41) is 0. The summed E-state index contributed by atoms with van der Waals surface area (Å²) in [5.74, 6) is 0.948. The molecule has 0 aromatic rings. The smallest absolute Gasteiger partial charge is 0.102 e. The lowest BCUT2D eigenvalue weighted by atomic mass is 9.70. The Balaban J connectivity index is 0.00000512. The van der Waals surface area contributed by atoms with E-state index in [0.717, 1.165) is 5.92 Å². The Bertz CT molecular complexity index is 427. The van der Waals surface area contributed by atoms with Crippen molar-refractivity contribution < 1.29 is 21.5 Å². The van der Waals surface area contributed by atoms with Crippen molar-refractivity contribution in [3.63, 3.8) is 0 Å². The molecule has 0 amide bonds. The number of nitrogens with zero attached hydrogens (tertiary/aromatic N) is 1. The molecular formula is C30H60BrN. The number of halogens is 1. The maximum Gasteiger partial charge on any atom is 0.102 e. The summed E-state index contributed by atoms with van der Waals surface area (Å²) in [7, 11) is 0. The molecule has 192 valence electrons. The van der Waals surface area contributed by atoms with Gasteiger partial charge in [-0.05, 0) is 64.2 Å². The number of hydrogen-bond donors (Lipinski definition) is 0. The van der Waals surface area contributed by atoms with Gasteiger partial charge in [0.25, 0.3) is 0 Å². The van der Waals surface area contributed by atoms with Crippen LogP contribution in [-0.2, 0) is 0 Å². The molecule has 1 spiro atoms. The molecule has 0 bridgehead atoms. The molecule has 0 N–H and O–H groups in total. The zero-order valence-electron chi connectivity index (χ0n) is 22.6. The molecule has 2 saturated heterocycles. The summed E-state index contributed by atoms with van der Waals surface area (Å²) in [6.07, 6.45) is 32.6. The van der Waals surface area contributed by atoms with Gasteiger partial charge in [0.05, 0.1) is 19.6 Å². The fourth-order valence-corrected chi connectivity index (χ4v) is 7.75. The fourth-order valence-electron chi connectivity index (χ4n) is 7.75. The maximum absolute atomic E-state index is 2.60. The van der Waals surface area contributed by atoms with Crippen molar-refractivity contribution in [3.8, 4) is 0 Å².